The van der Waals surface area contributed by atoms with E-state index in [1.54, 1.807) is 30.9 Å². The SMILES string of the molecule is CCOC(=O)CCC(=O)N1Cc2cc(OC)c(C(O)CCOc3cc4c(cc3OC)CN(C(=O)OC(C)(C)C)C4)cc2C1. The number of rotatable bonds is 11. The fourth-order valence-electron chi connectivity index (χ4n) is 5.23. The zero-order chi connectivity index (χ0) is 31.3. The summed E-state index contributed by atoms with van der Waals surface area (Å²) in [5.74, 6) is 1.09. The molecule has 2 amide bonds. The third-order valence-electron chi connectivity index (χ3n) is 7.34. The zero-order valence-corrected chi connectivity index (χ0v) is 25.9. The first-order valence-corrected chi connectivity index (χ1v) is 14.5. The molecule has 0 fully saturated rings. The molecule has 4 rings (SSSR count). The van der Waals surface area contributed by atoms with Gasteiger partial charge in [0.05, 0.1) is 40.0 Å². The Morgan fingerprint density at radius 1 is 0.837 bits per heavy atom. The van der Waals surface area contributed by atoms with Crippen LogP contribution in [-0.2, 0) is 45.2 Å². The number of hydrogen-bond donors (Lipinski definition) is 1. The minimum absolute atomic E-state index is 0.0454. The quantitative estimate of drug-likeness (QED) is 0.368. The van der Waals surface area contributed by atoms with E-state index in [2.05, 4.69) is 0 Å². The van der Waals surface area contributed by atoms with Crippen molar-refractivity contribution in [3.63, 3.8) is 0 Å². The lowest BCUT2D eigenvalue weighted by Crippen LogP contribution is -2.33. The third-order valence-corrected chi connectivity index (χ3v) is 7.34. The Kier molecular flexibility index (Phi) is 10.1. The highest BCUT2D eigenvalue weighted by Gasteiger charge is 2.30. The molecule has 2 aliphatic rings. The first-order chi connectivity index (χ1) is 20.4. The Labute approximate surface area is 252 Å². The Bertz CT molecular complexity index is 1350. The number of fused-ring (bicyclic) bond motifs is 2. The van der Waals surface area contributed by atoms with Crippen LogP contribution in [0.1, 0.15) is 80.9 Å². The first-order valence-electron chi connectivity index (χ1n) is 14.5. The van der Waals surface area contributed by atoms with Gasteiger partial charge in [0.1, 0.15) is 11.4 Å². The zero-order valence-electron chi connectivity index (χ0n) is 25.9. The largest absolute Gasteiger partial charge is 0.496 e. The van der Waals surface area contributed by atoms with Crippen molar-refractivity contribution in [3.8, 4) is 17.2 Å². The Hall–Kier alpha value is -3.99. The van der Waals surface area contributed by atoms with E-state index in [1.807, 2.05) is 45.0 Å². The summed E-state index contributed by atoms with van der Waals surface area (Å²) in [4.78, 5) is 40.2. The van der Waals surface area contributed by atoms with Gasteiger partial charge in [-0.2, -0.15) is 0 Å². The Morgan fingerprint density at radius 3 is 1.98 bits per heavy atom. The molecule has 11 heteroatoms. The minimum atomic E-state index is -0.878. The molecule has 0 saturated heterocycles. The van der Waals surface area contributed by atoms with Gasteiger partial charge < -0.3 is 33.7 Å². The molecule has 2 aromatic carbocycles. The van der Waals surface area contributed by atoms with Crippen LogP contribution in [0.3, 0.4) is 0 Å². The molecular formula is C32H42N2O9. The predicted octanol–water partition coefficient (Wildman–Crippen LogP) is 4.64. The molecule has 2 aliphatic heterocycles. The normalized spacial score (nSPS) is 14.6. The fourth-order valence-corrected chi connectivity index (χ4v) is 5.23. The molecule has 11 nitrogen and oxygen atoms in total. The van der Waals surface area contributed by atoms with E-state index in [9.17, 15) is 19.5 Å². The summed E-state index contributed by atoms with van der Waals surface area (Å²) in [7, 11) is 3.10. The molecule has 234 valence electrons. The number of ether oxygens (including phenoxy) is 5. The second-order valence-corrected chi connectivity index (χ2v) is 11.7. The van der Waals surface area contributed by atoms with Gasteiger partial charge in [0.15, 0.2) is 11.5 Å². The van der Waals surface area contributed by atoms with Crippen LogP contribution in [0.25, 0.3) is 0 Å². The number of esters is 1. The number of hydrogen-bond acceptors (Lipinski definition) is 9. The van der Waals surface area contributed by atoms with Crippen molar-refractivity contribution in [1.82, 2.24) is 9.80 Å². The molecular weight excluding hydrogens is 556 g/mol. The highest BCUT2D eigenvalue weighted by molar-refractivity contribution is 5.82. The molecule has 0 saturated carbocycles. The maximum absolute atomic E-state index is 12.7. The number of carbonyl (C=O) groups excluding carboxylic acids is 3. The van der Waals surface area contributed by atoms with Crippen LogP contribution < -0.4 is 14.2 Å². The van der Waals surface area contributed by atoms with Crippen LogP contribution in [0.5, 0.6) is 17.2 Å². The van der Waals surface area contributed by atoms with Gasteiger partial charge >= 0.3 is 12.1 Å². The van der Waals surface area contributed by atoms with Crippen molar-refractivity contribution in [1.29, 1.82) is 0 Å². The van der Waals surface area contributed by atoms with E-state index in [1.165, 1.54) is 0 Å². The maximum atomic E-state index is 12.7. The second-order valence-electron chi connectivity index (χ2n) is 11.7. The molecule has 0 spiro atoms. The van der Waals surface area contributed by atoms with Crippen molar-refractivity contribution >= 4 is 18.0 Å². The van der Waals surface area contributed by atoms with Gasteiger partial charge in [-0.3, -0.25) is 14.5 Å². The van der Waals surface area contributed by atoms with Crippen LogP contribution >= 0.6 is 0 Å². The molecule has 1 N–H and O–H groups in total. The van der Waals surface area contributed by atoms with Crippen molar-refractivity contribution < 1.29 is 43.2 Å². The fraction of sp³-hybridized carbons (Fsp3) is 0.531. The number of nitrogens with zero attached hydrogens (tertiary/aromatic N) is 2. The van der Waals surface area contributed by atoms with Gasteiger partial charge in [-0.25, -0.2) is 4.79 Å². The number of aliphatic hydroxyl groups is 1. The number of benzene rings is 2. The smallest absolute Gasteiger partial charge is 0.410 e. The highest BCUT2D eigenvalue weighted by atomic mass is 16.6. The lowest BCUT2D eigenvalue weighted by atomic mass is 10.00. The van der Waals surface area contributed by atoms with Gasteiger partial charge in [0.2, 0.25) is 5.91 Å². The van der Waals surface area contributed by atoms with Crippen molar-refractivity contribution in [2.75, 3.05) is 27.4 Å². The number of carbonyl (C=O) groups is 3. The summed E-state index contributed by atoms with van der Waals surface area (Å²) in [5, 5.41) is 11.1. The summed E-state index contributed by atoms with van der Waals surface area (Å²) >= 11 is 0. The van der Waals surface area contributed by atoms with E-state index in [4.69, 9.17) is 23.7 Å². The molecule has 0 aromatic heterocycles. The van der Waals surface area contributed by atoms with Crippen LogP contribution in [0.4, 0.5) is 4.79 Å². The summed E-state index contributed by atoms with van der Waals surface area (Å²) in [6, 6.07) is 7.47. The Morgan fingerprint density at radius 2 is 1.40 bits per heavy atom. The predicted molar refractivity (Wildman–Crippen MR) is 157 cm³/mol. The van der Waals surface area contributed by atoms with Gasteiger partial charge in [-0.15, -0.1) is 0 Å². The van der Waals surface area contributed by atoms with Crippen molar-refractivity contribution in [2.45, 2.75) is 84.8 Å². The van der Waals surface area contributed by atoms with Crippen LogP contribution in [0, 0.1) is 0 Å². The standard InChI is InChI=1S/C32H42N2O9/c1-7-41-30(37)9-8-29(36)33-16-20-12-24(26(39-5)13-21(20)17-33)25(35)10-11-42-28-15-23-19-34(31(38)43-32(2,3)4)18-22(23)14-27(28)40-6/h12-15,25,35H,7-11,16-19H2,1-6H3. The summed E-state index contributed by atoms with van der Waals surface area (Å²) < 4.78 is 27.6. The third kappa shape index (κ3) is 7.90. The van der Waals surface area contributed by atoms with E-state index in [0.29, 0.717) is 49.0 Å². The van der Waals surface area contributed by atoms with Gasteiger partial charge in [-0.05, 0) is 74.2 Å². The van der Waals surface area contributed by atoms with Gasteiger partial charge in [0.25, 0.3) is 0 Å². The summed E-state index contributed by atoms with van der Waals surface area (Å²) in [6.45, 7) is 9.36. The van der Waals surface area contributed by atoms with Crippen LogP contribution in [0.15, 0.2) is 24.3 Å². The molecule has 0 aliphatic carbocycles. The molecule has 0 radical (unpaired) electrons. The molecule has 0 bridgehead atoms. The topological polar surface area (TPSA) is 124 Å². The van der Waals surface area contributed by atoms with Crippen LogP contribution in [0.2, 0.25) is 0 Å². The molecule has 1 atom stereocenters. The monoisotopic (exact) mass is 598 g/mol. The number of methoxy groups -OCH3 is 2. The van der Waals surface area contributed by atoms with E-state index in [0.717, 1.165) is 22.3 Å². The summed E-state index contributed by atoms with van der Waals surface area (Å²) in [5.41, 5.74) is 3.81. The molecule has 2 heterocycles. The molecule has 1 unspecified atom stereocenters. The van der Waals surface area contributed by atoms with Gasteiger partial charge in [0, 0.05) is 44.6 Å². The van der Waals surface area contributed by atoms with Crippen LogP contribution in [-0.4, -0.2) is 65.9 Å². The summed E-state index contributed by atoms with van der Waals surface area (Å²) in [6.07, 6.45) is -0.842. The van der Waals surface area contributed by atoms with Crippen molar-refractivity contribution in [3.05, 3.63) is 52.1 Å². The number of amides is 2. The average molecular weight is 599 g/mol. The van der Waals surface area contributed by atoms with Crippen molar-refractivity contribution in [2.24, 2.45) is 0 Å². The average Bonchev–Trinajstić information content (AvgIpc) is 3.57. The first kappa shape index (κ1) is 31.9. The molecule has 43 heavy (non-hydrogen) atoms. The lowest BCUT2D eigenvalue weighted by Gasteiger charge is -2.24. The van der Waals surface area contributed by atoms with Gasteiger partial charge in [-0.1, -0.05) is 0 Å². The lowest BCUT2D eigenvalue weighted by molar-refractivity contribution is -0.145. The Balaban J connectivity index is 1.37. The van der Waals surface area contributed by atoms with E-state index in [-0.39, 0.29) is 50.4 Å². The number of aliphatic hydroxyl groups excluding tert-OH is 1. The second kappa shape index (κ2) is 13.5. The highest BCUT2D eigenvalue weighted by Crippen LogP contribution is 2.37. The minimum Gasteiger partial charge on any atom is -0.496 e. The maximum Gasteiger partial charge on any atom is 0.410 e. The van der Waals surface area contributed by atoms with E-state index >= 15 is 0 Å². The van der Waals surface area contributed by atoms with E-state index < -0.39 is 11.7 Å². The molecule has 2 aromatic rings.